The molecule has 0 bridgehead atoms. The maximum atomic E-state index is 12.0. The van der Waals surface area contributed by atoms with Gasteiger partial charge < -0.3 is 10.2 Å². The molecule has 1 heterocycles. The number of carbonyl (C=O) groups excluding carboxylic acids is 1. The predicted molar refractivity (Wildman–Crippen MR) is 58.1 cm³/mol. The second kappa shape index (κ2) is 4.30. The molecule has 14 heavy (non-hydrogen) atoms. The summed E-state index contributed by atoms with van der Waals surface area (Å²) in [5.74, 6) is 0.388. The van der Waals surface area contributed by atoms with Crippen molar-refractivity contribution in [2.45, 2.75) is 39.7 Å². The summed E-state index contributed by atoms with van der Waals surface area (Å²) >= 11 is 0. The summed E-state index contributed by atoms with van der Waals surface area (Å²) in [7, 11) is 0. The zero-order valence-electron chi connectivity index (χ0n) is 9.76. The molecule has 1 atom stereocenters. The van der Waals surface area contributed by atoms with E-state index in [1.807, 2.05) is 11.8 Å². The molecule has 1 unspecified atom stereocenters. The first-order valence-corrected chi connectivity index (χ1v) is 5.45. The Labute approximate surface area is 86.9 Å². The Kier molecular flexibility index (Phi) is 3.53. The van der Waals surface area contributed by atoms with Crippen LogP contribution in [0.1, 0.15) is 34.1 Å². The van der Waals surface area contributed by atoms with E-state index in [0.717, 1.165) is 26.1 Å². The molecular weight excluding hydrogens is 176 g/mol. The molecule has 3 heteroatoms. The molecule has 0 spiro atoms. The van der Waals surface area contributed by atoms with Crippen molar-refractivity contribution < 1.29 is 4.79 Å². The van der Waals surface area contributed by atoms with Gasteiger partial charge in [0.05, 0.1) is 0 Å². The van der Waals surface area contributed by atoms with Crippen LogP contribution in [0.2, 0.25) is 0 Å². The number of hydrogen-bond donors (Lipinski definition) is 1. The molecule has 0 aliphatic carbocycles. The summed E-state index contributed by atoms with van der Waals surface area (Å²) in [6.07, 6.45) is 1.05. The highest BCUT2D eigenvalue weighted by Gasteiger charge is 2.29. The number of rotatable bonds is 0. The van der Waals surface area contributed by atoms with E-state index in [0.29, 0.717) is 0 Å². The molecule has 1 N–H and O–H groups in total. The van der Waals surface area contributed by atoms with Gasteiger partial charge in [0.15, 0.2) is 0 Å². The van der Waals surface area contributed by atoms with Gasteiger partial charge in [-0.2, -0.15) is 0 Å². The Morgan fingerprint density at radius 2 is 2.07 bits per heavy atom. The minimum absolute atomic E-state index is 0.0390. The summed E-state index contributed by atoms with van der Waals surface area (Å²) in [4.78, 5) is 14.0. The third-order valence-electron chi connectivity index (χ3n) is 2.68. The Morgan fingerprint density at radius 1 is 1.43 bits per heavy atom. The topological polar surface area (TPSA) is 32.3 Å². The Hall–Kier alpha value is -0.570. The smallest absolute Gasteiger partial charge is 0.227 e. The van der Waals surface area contributed by atoms with Crippen LogP contribution in [-0.2, 0) is 4.79 Å². The summed E-state index contributed by atoms with van der Waals surface area (Å²) < 4.78 is 0. The monoisotopic (exact) mass is 198 g/mol. The lowest BCUT2D eigenvalue weighted by molar-refractivity contribution is -0.140. The van der Waals surface area contributed by atoms with Crippen LogP contribution in [0.15, 0.2) is 0 Å². The first-order chi connectivity index (χ1) is 6.43. The molecule has 0 radical (unpaired) electrons. The normalized spacial score (nSPS) is 25.9. The Bertz CT molecular complexity index is 208. The summed E-state index contributed by atoms with van der Waals surface area (Å²) in [6.45, 7) is 11.0. The second-order valence-electron chi connectivity index (χ2n) is 5.12. The van der Waals surface area contributed by atoms with E-state index in [1.54, 1.807) is 0 Å². The van der Waals surface area contributed by atoms with E-state index >= 15 is 0 Å². The van der Waals surface area contributed by atoms with Crippen LogP contribution in [0.5, 0.6) is 0 Å². The van der Waals surface area contributed by atoms with Gasteiger partial charge in [0.1, 0.15) is 0 Å². The molecular formula is C11H22N2O. The highest BCUT2D eigenvalue weighted by molar-refractivity contribution is 5.79. The third-order valence-corrected chi connectivity index (χ3v) is 2.68. The van der Waals surface area contributed by atoms with Crippen molar-refractivity contribution >= 4 is 5.91 Å². The molecule has 1 amide bonds. The van der Waals surface area contributed by atoms with Gasteiger partial charge in [0.25, 0.3) is 0 Å². The zero-order valence-corrected chi connectivity index (χ0v) is 9.76. The summed E-state index contributed by atoms with van der Waals surface area (Å²) in [5.41, 5.74) is -0.0390. The van der Waals surface area contributed by atoms with Gasteiger partial charge >= 0.3 is 0 Å². The molecule has 0 aromatic heterocycles. The van der Waals surface area contributed by atoms with E-state index in [4.69, 9.17) is 0 Å². The first-order valence-electron chi connectivity index (χ1n) is 5.45. The van der Waals surface area contributed by atoms with Crippen LogP contribution >= 0.6 is 0 Å². The summed E-state index contributed by atoms with van der Waals surface area (Å²) in [5, 5.41) is 3.29. The summed E-state index contributed by atoms with van der Waals surface area (Å²) in [6, 6.07) is 0. The molecule has 0 saturated carbocycles. The maximum absolute atomic E-state index is 12.0. The minimum atomic E-state index is -0.0390. The van der Waals surface area contributed by atoms with Gasteiger partial charge in [-0.25, -0.2) is 0 Å². The van der Waals surface area contributed by atoms with Gasteiger partial charge in [-0.3, -0.25) is 4.79 Å². The molecule has 1 aliphatic heterocycles. The molecule has 0 aromatic carbocycles. The zero-order chi connectivity index (χ0) is 10.8. The van der Waals surface area contributed by atoms with Crippen LogP contribution < -0.4 is 5.32 Å². The Balaban J connectivity index is 2.74. The Morgan fingerprint density at radius 3 is 2.64 bits per heavy atom. The SMILES string of the molecule is CC1CNCCCN(C(C)(C)C)C1=O. The van der Waals surface area contributed by atoms with Crippen LogP contribution in [0, 0.1) is 5.92 Å². The quantitative estimate of drug-likeness (QED) is 0.635. The molecule has 0 aromatic rings. The lowest BCUT2D eigenvalue weighted by atomic mass is 10.0. The number of amides is 1. The number of carbonyl (C=O) groups is 1. The predicted octanol–water partition coefficient (Wildman–Crippen LogP) is 1.24. The van der Waals surface area contributed by atoms with Crippen molar-refractivity contribution in [3.63, 3.8) is 0 Å². The lowest BCUT2D eigenvalue weighted by Gasteiger charge is -2.39. The third kappa shape index (κ3) is 2.71. The van der Waals surface area contributed by atoms with Gasteiger partial charge in [-0.05, 0) is 33.7 Å². The van der Waals surface area contributed by atoms with E-state index in [2.05, 4.69) is 26.1 Å². The van der Waals surface area contributed by atoms with Crippen molar-refractivity contribution in [1.29, 1.82) is 0 Å². The molecule has 82 valence electrons. The van der Waals surface area contributed by atoms with E-state index in [9.17, 15) is 4.79 Å². The number of nitrogens with zero attached hydrogens (tertiary/aromatic N) is 1. The van der Waals surface area contributed by atoms with Crippen LogP contribution in [0.3, 0.4) is 0 Å². The van der Waals surface area contributed by atoms with Crippen molar-refractivity contribution in [2.75, 3.05) is 19.6 Å². The van der Waals surface area contributed by atoms with E-state index in [1.165, 1.54) is 0 Å². The fourth-order valence-corrected chi connectivity index (χ4v) is 1.81. The van der Waals surface area contributed by atoms with Gasteiger partial charge in [0, 0.05) is 24.5 Å². The molecule has 1 aliphatic rings. The van der Waals surface area contributed by atoms with Crippen LogP contribution in [-0.4, -0.2) is 36.0 Å². The van der Waals surface area contributed by atoms with Crippen molar-refractivity contribution in [1.82, 2.24) is 10.2 Å². The van der Waals surface area contributed by atoms with Gasteiger partial charge in [-0.15, -0.1) is 0 Å². The minimum Gasteiger partial charge on any atom is -0.338 e. The average molecular weight is 198 g/mol. The first kappa shape index (κ1) is 11.5. The van der Waals surface area contributed by atoms with Crippen LogP contribution in [0.4, 0.5) is 0 Å². The van der Waals surface area contributed by atoms with Crippen molar-refractivity contribution in [2.24, 2.45) is 5.92 Å². The standard InChI is InChI=1S/C11H22N2O/c1-9-8-12-6-5-7-13(10(9)14)11(2,3)4/h9,12H,5-8H2,1-4H3. The second-order valence-corrected chi connectivity index (χ2v) is 5.12. The van der Waals surface area contributed by atoms with E-state index in [-0.39, 0.29) is 17.4 Å². The maximum Gasteiger partial charge on any atom is 0.227 e. The highest BCUT2D eigenvalue weighted by atomic mass is 16.2. The molecule has 1 saturated heterocycles. The largest absolute Gasteiger partial charge is 0.338 e. The lowest BCUT2D eigenvalue weighted by Crippen LogP contribution is -2.51. The fraction of sp³-hybridized carbons (Fsp3) is 0.909. The highest BCUT2D eigenvalue weighted by Crippen LogP contribution is 2.18. The van der Waals surface area contributed by atoms with Crippen molar-refractivity contribution in [3.05, 3.63) is 0 Å². The van der Waals surface area contributed by atoms with Crippen LogP contribution in [0.25, 0.3) is 0 Å². The number of hydrogen-bond acceptors (Lipinski definition) is 2. The number of nitrogens with one attached hydrogen (secondary N) is 1. The molecule has 1 fully saturated rings. The van der Waals surface area contributed by atoms with Crippen molar-refractivity contribution in [3.8, 4) is 0 Å². The molecule has 3 nitrogen and oxygen atoms in total. The fourth-order valence-electron chi connectivity index (χ4n) is 1.81. The van der Waals surface area contributed by atoms with Gasteiger partial charge in [-0.1, -0.05) is 6.92 Å². The average Bonchev–Trinajstić information content (AvgIpc) is 2.04. The van der Waals surface area contributed by atoms with Gasteiger partial charge in [0.2, 0.25) is 5.91 Å². The van der Waals surface area contributed by atoms with E-state index < -0.39 is 0 Å². The molecule has 1 rings (SSSR count).